The summed E-state index contributed by atoms with van der Waals surface area (Å²) in [5.74, 6) is -0.0631. The number of halogens is 1. The van der Waals surface area contributed by atoms with Crippen LogP contribution in [0.15, 0.2) is 30.5 Å². The molecule has 0 saturated heterocycles. The largest absolute Gasteiger partial charge is 0.336 e. The number of nitrogens with zero attached hydrogens (tertiary/aromatic N) is 2. The van der Waals surface area contributed by atoms with Crippen molar-refractivity contribution in [1.82, 2.24) is 9.88 Å². The highest BCUT2D eigenvalue weighted by atomic mass is 35.5. The Bertz CT molecular complexity index is 610. The Hall–Kier alpha value is -1.61. The van der Waals surface area contributed by atoms with Crippen LogP contribution in [0.1, 0.15) is 31.1 Å². The molecule has 1 aromatic heterocycles. The molecule has 0 unspecified atom stereocenters. The Morgan fingerprint density at radius 1 is 1.37 bits per heavy atom. The number of carbonyl (C=O) groups is 1. The van der Waals surface area contributed by atoms with E-state index >= 15 is 0 Å². The van der Waals surface area contributed by atoms with Crippen molar-refractivity contribution < 1.29 is 4.79 Å². The van der Waals surface area contributed by atoms with Gasteiger partial charge in [-0.05, 0) is 26.2 Å². The van der Waals surface area contributed by atoms with Gasteiger partial charge in [-0.15, -0.1) is 0 Å². The molecule has 2 aromatic rings. The van der Waals surface area contributed by atoms with Gasteiger partial charge in [0.1, 0.15) is 5.15 Å². The zero-order valence-corrected chi connectivity index (χ0v) is 12.1. The van der Waals surface area contributed by atoms with Gasteiger partial charge < -0.3 is 4.90 Å². The van der Waals surface area contributed by atoms with Gasteiger partial charge in [-0.25, -0.2) is 4.98 Å². The fraction of sp³-hybridized carbons (Fsp3) is 0.333. The number of hydrogen-bond acceptors (Lipinski definition) is 2. The molecule has 0 aliphatic carbocycles. The fourth-order valence-electron chi connectivity index (χ4n) is 2.23. The topological polar surface area (TPSA) is 33.2 Å². The van der Waals surface area contributed by atoms with E-state index < -0.39 is 0 Å². The second kappa shape index (κ2) is 5.57. The number of hydrogen-bond donors (Lipinski definition) is 0. The van der Waals surface area contributed by atoms with Gasteiger partial charge in [0.25, 0.3) is 5.91 Å². The van der Waals surface area contributed by atoms with Gasteiger partial charge in [-0.3, -0.25) is 4.79 Å². The van der Waals surface area contributed by atoms with Gasteiger partial charge in [0.15, 0.2) is 0 Å². The van der Waals surface area contributed by atoms with Gasteiger partial charge in [-0.2, -0.15) is 0 Å². The normalized spacial score (nSPS) is 11.0. The SMILES string of the molecule is CCN(C(=O)c1c(Cl)ncc2ccccc12)C(C)C. The maximum absolute atomic E-state index is 12.7. The first-order valence-corrected chi connectivity index (χ1v) is 6.78. The molecule has 0 saturated carbocycles. The minimum Gasteiger partial charge on any atom is -0.336 e. The Labute approximate surface area is 118 Å². The summed E-state index contributed by atoms with van der Waals surface area (Å²) >= 11 is 6.15. The number of aromatic nitrogens is 1. The summed E-state index contributed by atoms with van der Waals surface area (Å²) in [6.45, 7) is 6.60. The molecule has 1 amide bonds. The summed E-state index contributed by atoms with van der Waals surface area (Å²) in [7, 11) is 0. The van der Waals surface area contributed by atoms with Crippen LogP contribution in [-0.2, 0) is 0 Å². The Kier molecular flexibility index (Phi) is 4.05. The molecule has 19 heavy (non-hydrogen) atoms. The monoisotopic (exact) mass is 276 g/mol. The third kappa shape index (κ3) is 2.56. The first-order valence-electron chi connectivity index (χ1n) is 6.40. The van der Waals surface area contributed by atoms with E-state index in [1.807, 2.05) is 45.0 Å². The highest BCUT2D eigenvalue weighted by molar-refractivity contribution is 6.34. The molecule has 100 valence electrons. The Morgan fingerprint density at radius 2 is 2.05 bits per heavy atom. The van der Waals surface area contributed by atoms with Gasteiger partial charge in [0, 0.05) is 24.2 Å². The van der Waals surface area contributed by atoms with Gasteiger partial charge in [0.05, 0.1) is 5.56 Å². The van der Waals surface area contributed by atoms with E-state index in [0.29, 0.717) is 12.1 Å². The lowest BCUT2D eigenvalue weighted by Gasteiger charge is -2.26. The van der Waals surface area contributed by atoms with E-state index in [0.717, 1.165) is 10.8 Å². The smallest absolute Gasteiger partial charge is 0.257 e. The molecule has 4 heteroatoms. The number of pyridine rings is 1. The number of rotatable bonds is 3. The summed E-state index contributed by atoms with van der Waals surface area (Å²) in [5, 5.41) is 2.05. The lowest BCUT2D eigenvalue weighted by atomic mass is 10.1. The van der Waals surface area contributed by atoms with Crippen molar-refractivity contribution in [2.24, 2.45) is 0 Å². The molecule has 3 nitrogen and oxygen atoms in total. The van der Waals surface area contributed by atoms with Crippen LogP contribution in [-0.4, -0.2) is 28.4 Å². The fourth-order valence-corrected chi connectivity index (χ4v) is 2.46. The number of carbonyl (C=O) groups excluding carboxylic acids is 1. The van der Waals surface area contributed by atoms with E-state index in [-0.39, 0.29) is 17.1 Å². The minimum absolute atomic E-state index is 0.0631. The van der Waals surface area contributed by atoms with Crippen molar-refractivity contribution in [1.29, 1.82) is 0 Å². The second-order valence-electron chi connectivity index (χ2n) is 4.70. The zero-order valence-electron chi connectivity index (χ0n) is 11.4. The van der Waals surface area contributed by atoms with Crippen LogP contribution in [0.2, 0.25) is 5.15 Å². The van der Waals surface area contributed by atoms with Crippen molar-refractivity contribution in [2.75, 3.05) is 6.54 Å². The molecule has 0 aliphatic rings. The molecule has 0 spiro atoms. The quantitative estimate of drug-likeness (QED) is 0.800. The zero-order chi connectivity index (χ0) is 14.0. The van der Waals surface area contributed by atoms with E-state index in [2.05, 4.69) is 4.98 Å². The number of amides is 1. The van der Waals surface area contributed by atoms with Crippen LogP contribution >= 0.6 is 11.6 Å². The van der Waals surface area contributed by atoms with Crippen LogP contribution in [0.3, 0.4) is 0 Å². The summed E-state index contributed by atoms with van der Waals surface area (Å²) in [6.07, 6.45) is 1.69. The minimum atomic E-state index is -0.0631. The molecule has 2 rings (SSSR count). The third-order valence-corrected chi connectivity index (χ3v) is 3.48. The van der Waals surface area contributed by atoms with Gasteiger partial charge in [0.2, 0.25) is 0 Å². The molecule has 0 radical (unpaired) electrons. The first kappa shape index (κ1) is 13.8. The predicted octanol–water partition coefficient (Wildman–Crippen LogP) is 3.76. The molecule has 0 N–H and O–H groups in total. The second-order valence-corrected chi connectivity index (χ2v) is 5.05. The van der Waals surface area contributed by atoms with Crippen molar-refractivity contribution in [2.45, 2.75) is 26.8 Å². The molecular weight excluding hydrogens is 260 g/mol. The van der Waals surface area contributed by atoms with Crippen LogP contribution in [0.25, 0.3) is 10.8 Å². The van der Waals surface area contributed by atoms with E-state index in [9.17, 15) is 4.79 Å². The van der Waals surface area contributed by atoms with Crippen molar-refractivity contribution >= 4 is 28.3 Å². The van der Waals surface area contributed by atoms with Crippen molar-refractivity contribution in [3.8, 4) is 0 Å². The maximum atomic E-state index is 12.7. The first-order chi connectivity index (χ1) is 9.06. The molecule has 0 aliphatic heterocycles. The van der Waals surface area contributed by atoms with Crippen molar-refractivity contribution in [3.05, 3.63) is 41.2 Å². The Morgan fingerprint density at radius 3 is 2.68 bits per heavy atom. The van der Waals surface area contributed by atoms with Gasteiger partial charge >= 0.3 is 0 Å². The van der Waals surface area contributed by atoms with Crippen LogP contribution in [0.4, 0.5) is 0 Å². The van der Waals surface area contributed by atoms with Crippen molar-refractivity contribution in [3.63, 3.8) is 0 Å². The average Bonchev–Trinajstić information content (AvgIpc) is 2.38. The molecular formula is C15H17ClN2O. The Balaban J connectivity index is 2.61. The predicted molar refractivity (Wildman–Crippen MR) is 78.6 cm³/mol. The molecule has 1 aromatic carbocycles. The summed E-state index contributed by atoms with van der Waals surface area (Å²) in [6, 6.07) is 7.80. The van der Waals surface area contributed by atoms with E-state index in [1.54, 1.807) is 11.1 Å². The highest BCUT2D eigenvalue weighted by Gasteiger charge is 2.22. The summed E-state index contributed by atoms with van der Waals surface area (Å²) < 4.78 is 0. The maximum Gasteiger partial charge on any atom is 0.257 e. The molecule has 0 atom stereocenters. The molecule has 1 heterocycles. The van der Waals surface area contributed by atoms with E-state index in [1.165, 1.54) is 0 Å². The third-order valence-electron chi connectivity index (χ3n) is 3.19. The number of benzene rings is 1. The van der Waals surface area contributed by atoms with E-state index in [4.69, 9.17) is 11.6 Å². The van der Waals surface area contributed by atoms with Gasteiger partial charge in [-0.1, -0.05) is 35.9 Å². The lowest BCUT2D eigenvalue weighted by molar-refractivity contribution is 0.0719. The average molecular weight is 277 g/mol. The molecule has 0 bridgehead atoms. The van der Waals surface area contributed by atoms with Crippen LogP contribution < -0.4 is 0 Å². The highest BCUT2D eigenvalue weighted by Crippen LogP contribution is 2.25. The summed E-state index contributed by atoms with van der Waals surface area (Å²) in [4.78, 5) is 18.6. The van der Waals surface area contributed by atoms with Crippen LogP contribution in [0.5, 0.6) is 0 Å². The number of fused-ring (bicyclic) bond motifs is 1. The molecule has 0 fully saturated rings. The van der Waals surface area contributed by atoms with Crippen LogP contribution in [0, 0.1) is 0 Å². The summed E-state index contributed by atoms with van der Waals surface area (Å²) in [5.41, 5.74) is 0.496. The standard InChI is InChI=1S/C15H17ClN2O/c1-4-18(10(2)3)15(19)13-12-8-6-5-7-11(12)9-17-14(13)16/h5-10H,4H2,1-3H3. The lowest BCUT2D eigenvalue weighted by Crippen LogP contribution is -2.37.